The fourth-order valence-electron chi connectivity index (χ4n) is 3.29. The van der Waals surface area contributed by atoms with Gasteiger partial charge in [-0.3, -0.25) is 10.1 Å². The summed E-state index contributed by atoms with van der Waals surface area (Å²) < 4.78 is 0.712. The first-order valence-corrected chi connectivity index (χ1v) is 8.09. The summed E-state index contributed by atoms with van der Waals surface area (Å²) in [5, 5.41) is 11.5. The van der Waals surface area contributed by atoms with Gasteiger partial charge < -0.3 is 0 Å². The Bertz CT molecular complexity index is 950. The van der Waals surface area contributed by atoms with Crippen molar-refractivity contribution in [2.24, 2.45) is 0 Å². The Morgan fingerprint density at radius 2 is 1.57 bits per heavy atom. The smallest absolute Gasteiger partial charge is 0.258 e. The summed E-state index contributed by atoms with van der Waals surface area (Å²) in [6.07, 6.45) is 0.814. The fraction of sp³-hybridized carbons (Fsp3) is 0.0526. The summed E-state index contributed by atoms with van der Waals surface area (Å²) >= 11 is 3.32. The molecule has 3 aromatic carbocycles. The third kappa shape index (κ3) is 2.26. The fourth-order valence-corrected chi connectivity index (χ4v) is 3.64. The number of hydrogen-bond donors (Lipinski definition) is 0. The molecule has 3 aromatic rings. The van der Waals surface area contributed by atoms with Gasteiger partial charge >= 0.3 is 0 Å². The average Bonchev–Trinajstić information content (AvgIpc) is 2.93. The van der Waals surface area contributed by atoms with E-state index in [1.165, 1.54) is 22.3 Å². The first-order valence-electron chi connectivity index (χ1n) is 7.29. The standard InChI is InChI=1S/C19H12BrNO2/c20-13-8-9-17(19(11-13)21(22)23)16-7-3-6-15-14-5-2-1-4-12(14)10-18(15)16/h1-9,11H,10H2. The van der Waals surface area contributed by atoms with Crippen LogP contribution in [0.25, 0.3) is 22.3 Å². The maximum absolute atomic E-state index is 11.5. The largest absolute Gasteiger partial charge is 0.278 e. The van der Waals surface area contributed by atoms with Gasteiger partial charge in [0.05, 0.1) is 10.5 Å². The molecule has 0 heterocycles. The highest BCUT2D eigenvalue weighted by atomic mass is 79.9. The van der Waals surface area contributed by atoms with E-state index in [4.69, 9.17) is 0 Å². The molecule has 0 saturated carbocycles. The quantitative estimate of drug-likeness (QED) is 0.343. The highest BCUT2D eigenvalue weighted by Gasteiger charge is 2.24. The monoisotopic (exact) mass is 365 g/mol. The lowest BCUT2D eigenvalue weighted by Gasteiger charge is -2.09. The normalized spacial score (nSPS) is 11.9. The molecule has 1 aliphatic carbocycles. The molecular weight excluding hydrogens is 354 g/mol. The molecule has 0 spiro atoms. The summed E-state index contributed by atoms with van der Waals surface area (Å²) in [5.41, 5.74) is 6.58. The molecule has 0 bridgehead atoms. The Balaban J connectivity index is 1.96. The maximum Gasteiger partial charge on any atom is 0.278 e. The van der Waals surface area contributed by atoms with Gasteiger partial charge in [-0.1, -0.05) is 58.4 Å². The Morgan fingerprint density at radius 1 is 0.870 bits per heavy atom. The Labute approximate surface area is 141 Å². The topological polar surface area (TPSA) is 43.1 Å². The molecule has 0 aliphatic heterocycles. The Kier molecular flexibility index (Phi) is 3.27. The van der Waals surface area contributed by atoms with Crippen LogP contribution >= 0.6 is 15.9 Å². The summed E-state index contributed by atoms with van der Waals surface area (Å²) in [7, 11) is 0. The van der Waals surface area contributed by atoms with E-state index in [-0.39, 0.29) is 10.6 Å². The van der Waals surface area contributed by atoms with Crippen molar-refractivity contribution < 1.29 is 4.92 Å². The predicted molar refractivity (Wildman–Crippen MR) is 94.5 cm³/mol. The molecule has 4 rings (SSSR count). The molecule has 0 amide bonds. The summed E-state index contributed by atoms with van der Waals surface area (Å²) in [4.78, 5) is 11.1. The van der Waals surface area contributed by atoms with E-state index in [9.17, 15) is 10.1 Å². The van der Waals surface area contributed by atoms with E-state index in [0.29, 0.717) is 10.0 Å². The molecule has 0 N–H and O–H groups in total. The third-order valence-electron chi connectivity index (χ3n) is 4.30. The minimum absolute atomic E-state index is 0.128. The van der Waals surface area contributed by atoms with Gasteiger partial charge in [-0.15, -0.1) is 0 Å². The van der Waals surface area contributed by atoms with Gasteiger partial charge in [0.25, 0.3) is 5.69 Å². The lowest BCUT2D eigenvalue weighted by atomic mass is 9.95. The summed E-state index contributed by atoms with van der Waals surface area (Å²) in [6.45, 7) is 0. The van der Waals surface area contributed by atoms with Crippen molar-refractivity contribution in [1.82, 2.24) is 0 Å². The van der Waals surface area contributed by atoms with Gasteiger partial charge in [0.1, 0.15) is 0 Å². The zero-order chi connectivity index (χ0) is 16.0. The molecule has 0 saturated heterocycles. The second-order valence-electron chi connectivity index (χ2n) is 5.58. The van der Waals surface area contributed by atoms with Gasteiger partial charge in [0, 0.05) is 10.5 Å². The highest BCUT2D eigenvalue weighted by molar-refractivity contribution is 9.10. The van der Waals surface area contributed by atoms with E-state index in [0.717, 1.165) is 12.0 Å². The van der Waals surface area contributed by atoms with Crippen LogP contribution in [0.2, 0.25) is 0 Å². The van der Waals surface area contributed by atoms with Gasteiger partial charge in [-0.2, -0.15) is 0 Å². The number of fused-ring (bicyclic) bond motifs is 3. The molecule has 0 unspecified atom stereocenters. The zero-order valence-electron chi connectivity index (χ0n) is 12.1. The Hall–Kier alpha value is -2.46. The molecule has 0 radical (unpaired) electrons. The highest BCUT2D eigenvalue weighted by Crippen LogP contribution is 2.43. The average molecular weight is 366 g/mol. The molecule has 0 atom stereocenters. The number of halogens is 1. The predicted octanol–water partition coefficient (Wildman–Crippen LogP) is 5.60. The van der Waals surface area contributed by atoms with Crippen LogP contribution in [0.3, 0.4) is 0 Å². The van der Waals surface area contributed by atoms with E-state index in [2.05, 4.69) is 34.1 Å². The number of rotatable bonds is 2. The van der Waals surface area contributed by atoms with Crippen LogP contribution in [0, 0.1) is 10.1 Å². The van der Waals surface area contributed by atoms with Crippen molar-refractivity contribution in [3.63, 3.8) is 0 Å². The number of benzene rings is 3. The summed E-state index contributed by atoms with van der Waals surface area (Å²) in [6, 6.07) is 19.6. The van der Waals surface area contributed by atoms with E-state index >= 15 is 0 Å². The van der Waals surface area contributed by atoms with Crippen LogP contribution < -0.4 is 0 Å². The van der Waals surface area contributed by atoms with E-state index < -0.39 is 0 Å². The number of nitro groups is 1. The minimum atomic E-state index is -0.318. The van der Waals surface area contributed by atoms with Crippen molar-refractivity contribution in [2.45, 2.75) is 6.42 Å². The lowest BCUT2D eigenvalue weighted by Crippen LogP contribution is -1.95. The first-order chi connectivity index (χ1) is 11.1. The van der Waals surface area contributed by atoms with Crippen molar-refractivity contribution in [2.75, 3.05) is 0 Å². The molecule has 0 aromatic heterocycles. The van der Waals surface area contributed by atoms with Gasteiger partial charge in [-0.25, -0.2) is 0 Å². The second-order valence-corrected chi connectivity index (χ2v) is 6.50. The van der Waals surface area contributed by atoms with Gasteiger partial charge in [0.2, 0.25) is 0 Å². The Morgan fingerprint density at radius 3 is 2.35 bits per heavy atom. The van der Waals surface area contributed by atoms with Gasteiger partial charge in [-0.05, 0) is 46.4 Å². The van der Waals surface area contributed by atoms with Crippen LogP contribution in [0.15, 0.2) is 65.1 Å². The molecule has 1 aliphatic rings. The lowest BCUT2D eigenvalue weighted by molar-refractivity contribution is -0.384. The van der Waals surface area contributed by atoms with Gasteiger partial charge in [0.15, 0.2) is 0 Å². The van der Waals surface area contributed by atoms with Crippen LogP contribution in [0.5, 0.6) is 0 Å². The number of nitro benzene ring substituents is 1. The van der Waals surface area contributed by atoms with E-state index in [1.807, 2.05) is 36.4 Å². The van der Waals surface area contributed by atoms with Crippen molar-refractivity contribution in [3.05, 3.63) is 86.4 Å². The maximum atomic E-state index is 11.5. The summed E-state index contributed by atoms with van der Waals surface area (Å²) in [5.74, 6) is 0. The van der Waals surface area contributed by atoms with Crippen LogP contribution in [-0.2, 0) is 6.42 Å². The number of hydrogen-bond acceptors (Lipinski definition) is 2. The molecule has 23 heavy (non-hydrogen) atoms. The number of nitrogens with zero attached hydrogens (tertiary/aromatic N) is 1. The third-order valence-corrected chi connectivity index (χ3v) is 4.79. The minimum Gasteiger partial charge on any atom is -0.258 e. The first kappa shape index (κ1) is 14.2. The van der Waals surface area contributed by atoms with Crippen LogP contribution in [0.4, 0.5) is 5.69 Å². The second kappa shape index (κ2) is 5.32. The van der Waals surface area contributed by atoms with Crippen LogP contribution in [-0.4, -0.2) is 4.92 Å². The molecule has 3 nitrogen and oxygen atoms in total. The molecular formula is C19H12BrNO2. The zero-order valence-corrected chi connectivity index (χ0v) is 13.7. The van der Waals surface area contributed by atoms with Crippen molar-refractivity contribution in [1.29, 1.82) is 0 Å². The molecule has 0 fully saturated rings. The molecule has 4 heteroatoms. The van der Waals surface area contributed by atoms with Crippen LogP contribution in [0.1, 0.15) is 11.1 Å². The SMILES string of the molecule is O=[N+]([O-])c1cc(Br)ccc1-c1cccc2c1Cc1ccccc1-2. The van der Waals surface area contributed by atoms with Crippen molar-refractivity contribution >= 4 is 21.6 Å². The molecule has 112 valence electrons. The van der Waals surface area contributed by atoms with E-state index in [1.54, 1.807) is 6.07 Å². The van der Waals surface area contributed by atoms with Crippen molar-refractivity contribution in [3.8, 4) is 22.3 Å².